The van der Waals surface area contributed by atoms with Gasteiger partial charge in [-0.05, 0) is 29.2 Å². The van der Waals surface area contributed by atoms with Crippen molar-refractivity contribution in [2.75, 3.05) is 0 Å². The van der Waals surface area contributed by atoms with E-state index >= 15 is 0 Å². The minimum Gasteiger partial charge on any atom is -0.287 e. The first-order valence-electron chi connectivity index (χ1n) is 5.83. The van der Waals surface area contributed by atoms with Gasteiger partial charge in [0, 0.05) is 4.48 Å². The maximum Gasteiger partial charge on any atom is 0.213 e. The third-order valence-electron chi connectivity index (χ3n) is 2.50. The highest BCUT2D eigenvalue weighted by Gasteiger charge is 2.12. The first-order chi connectivity index (χ1) is 9.70. The number of halogens is 1. The second-order valence-electron chi connectivity index (χ2n) is 3.92. The molecule has 0 spiro atoms. The SMILES string of the molecule is N#C/C(=C\C(Br)=C\c1ccccc1)C(=O)c1cccs1. The van der Waals surface area contributed by atoms with Gasteiger partial charge >= 0.3 is 0 Å². The van der Waals surface area contributed by atoms with E-state index in [1.54, 1.807) is 18.2 Å². The van der Waals surface area contributed by atoms with Gasteiger partial charge < -0.3 is 0 Å². The second kappa shape index (κ2) is 6.99. The van der Waals surface area contributed by atoms with E-state index < -0.39 is 0 Å². The molecule has 2 rings (SSSR count). The van der Waals surface area contributed by atoms with Crippen LogP contribution in [0.2, 0.25) is 0 Å². The van der Waals surface area contributed by atoms with Crippen molar-refractivity contribution in [3.63, 3.8) is 0 Å². The zero-order chi connectivity index (χ0) is 14.4. The molecule has 98 valence electrons. The molecule has 2 nitrogen and oxygen atoms in total. The normalized spacial score (nSPS) is 12.0. The number of carbonyl (C=O) groups excluding carboxylic acids is 1. The van der Waals surface area contributed by atoms with E-state index in [0.717, 1.165) is 5.56 Å². The van der Waals surface area contributed by atoms with Crippen LogP contribution in [-0.2, 0) is 0 Å². The summed E-state index contributed by atoms with van der Waals surface area (Å²) in [5.74, 6) is -0.249. The molecule has 0 saturated heterocycles. The molecule has 0 atom stereocenters. The Labute approximate surface area is 129 Å². The van der Waals surface area contributed by atoms with E-state index in [1.807, 2.05) is 47.9 Å². The van der Waals surface area contributed by atoms with Crippen molar-refractivity contribution in [1.29, 1.82) is 5.26 Å². The molecule has 0 N–H and O–H groups in total. The summed E-state index contributed by atoms with van der Waals surface area (Å²) in [4.78, 5) is 12.7. The Balaban J connectivity index is 2.26. The van der Waals surface area contributed by atoms with Crippen LogP contribution in [0.5, 0.6) is 0 Å². The zero-order valence-electron chi connectivity index (χ0n) is 10.4. The molecule has 1 heterocycles. The summed E-state index contributed by atoms with van der Waals surface area (Å²) < 4.78 is 0.685. The van der Waals surface area contributed by atoms with Crippen LogP contribution < -0.4 is 0 Å². The van der Waals surface area contributed by atoms with Crippen molar-refractivity contribution in [2.24, 2.45) is 0 Å². The molecule has 0 aliphatic carbocycles. The minimum atomic E-state index is -0.249. The van der Waals surface area contributed by atoms with Crippen LogP contribution in [0.3, 0.4) is 0 Å². The van der Waals surface area contributed by atoms with Crippen LogP contribution in [0.1, 0.15) is 15.2 Å². The van der Waals surface area contributed by atoms with Crippen molar-refractivity contribution in [3.8, 4) is 6.07 Å². The van der Waals surface area contributed by atoms with Crippen molar-refractivity contribution in [1.82, 2.24) is 0 Å². The highest BCUT2D eigenvalue weighted by atomic mass is 79.9. The summed E-state index contributed by atoms with van der Waals surface area (Å²) in [7, 11) is 0. The summed E-state index contributed by atoms with van der Waals surface area (Å²) in [6, 6.07) is 15.1. The van der Waals surface area contributed by atoms with E-state index in [4.69, 9.17) is 5.26 Å². The van der Waals surface area contributed by atoms with Gasteiger partial charge in [0.1, 0.15) is 11.6 Å². The van der Waals surface area contributed by atoms with Gasteiger partial charge in [0.2, 0.25) is 5.78 Å². The molecule has 0 unspecified atom stereocenters. The first-order valence-corrected chi connectivity index (χ1v) is 7.50. The van der Waals surface area contributed by atoms with Gasteiger partial charge in [-0.25, -0.2) is 0 Å². The fraction of sp³-hybridized carbons (Fsp3) is 0. The molecule has 0 aliphatic heterocycles. The quantitative estimate of drug-likeness (QED) is 0.345. The average Bonchev–Trinajstić information content (AvgIpc) is 2.99. The Morgan fingerprint density at radius 1 is 1.20 bits per heavy atom. The van der Waals surface area contributed by atoms with Gasteiger partial charge in [0.05, 0.1) is 4.88 Å². The van der Waals surface area contributed by atoms with E-state index in [1.165, 1.54) is 11.3 Å². The number of hydrogen-bond donors (Lipinski definition) is 0. The predicted molar refractivity (Wildman–Crippen MR) is 85.7 cm³/mol. The maximum atomic E-state index is 12.1. The number of thiophene rings is 1. The lowest BCUT2D eigenvalue weighted by Crippen LogP contribution is -1.99. The Bertz CT molecular complexity index is 694. The fourth-order valence-corrected chi connectivity index (χ4v) is 2.75. The lowest BCUT2D eigenvalue weighted by Gasteiger charge is -1.97. The summed E-state index contributed by atoms with van der Waals surface area (Å²) in [5, 5.41) is 10.9. The van der Waals surface area contributed by atoms with Gasteiger partial charge in [-0.2, -0.15) is 5.26 Å². The predicted octanol–water partition coefficient (Wildman–Crippen LogP) is 4.82. The van der Waals surface area contributed by atoms with Crippen LogP contribution in [-0.4, -0.2) is 5.78 Å². The Hall–Kier alpha value is -1.96. The van der Waals surface area contributed by atoms with Gasteiger partial charge in [-0.1, -0.05) is 52.3 Å². The highest BCUT2D eigenvalue weighted by molar-refractivity contribution is 9.12. The van der Waals surface area contributed by atoms with Crippen molar-refractivity contribution in [3.05, 3.63) is 74.4 Å². The number of hydrogen-bond acceptors (Lipinski definition) is 3. The summed E-state index contributed by atoms with van der Waals surface area (Å²) >= 11 is 4.70. The number of allylic oxidation sites excluding steroid dienone is 3. The average molecular weight is 344 g/mol. The number of carbonyl (C=O) groups is 1. The van der Waals surface area contributed by atoms with Gasteiger partial charge in [-0.3, -0.25) is 4.79 Å². The molecule has 0 aliphatic rings. The minimum absolute atomic E-state index is 0.117. The lowest BCUT2D eigenvalue weighted by atomic mass is 10.1. The molecular weight excluding hydrogens is 334 g/mol. The maximum absolute atomic E-state index is 12.1. The topological polar surface area (TPSA) is 40.9 Å². The molecule has 0 saturated carbocycles. The molecule has 0 fully saturated rings. The van der Waals surface area contributed by atoms with E-state index in [9.17, 15) is 4.79 Å². The smallest absolute Gasteiger partial charge is 0.213 e. The summed E-state index contributed by atoms with van der Waals surface area (Å²) in [5.41, 5.74) is 1.11. The molecule has 4 heteroatoms. The monoisotopic (exact) mass is 343 g/mol. The first kappa shape index (κ1) is 14.4. The number of ketones is 1. The van der Waals surface area contributed by atoms with Crippen LogP contribution in [0.25, 0.3) is 6.08 Å². The lowest BCUT2D eigenvalue weighted by molar-refractivity contribution is 0.104. The van der Waals surface area contributed by atoms with E-state index in [2.05, 4.69) is 15.9 Å². The Morgan fingerprint density at radius 2 is 1.95 bits per heavy atom. The van der Waals surface area contributed by atoms with Crippen molar-refractivity contribution >= 4 is 39.1 Å². The molecule has 1 aromatic heterocycles. The molecule has 1 aromatic carbocycles. The van der Waals surface area contributed by atoms with Crippen molar-refractivity contribution < 1.29 is 4.79 Å². The Morgan fingerprint density at radius 3 is 2.55 bits per heavy atom. The van der Waals surface area contributed by atoms with Crippen LogP contribution >= 0.6 is 27.3 Å². The molecule has 0 radical (unpaired) electrons. The molecule has 2 aromatic rings. The largest absolute Gasteiger partial charge is 0.287 e. The van der Waals surface area contributed by atoms with Crippen LogP contribution in [0.15, 0.2) is 64.0 Å². The Kier molecular flexibility index (Phi) is 5.05. The van der Waals surface area contributed by atoms with E-state index in [0.29, 0.717) is 9.36 Å². The number of nitrogens with zero attached hydrogens (tertiary/aromatic N) is 1. The second-order valence-corrected chi connectivity index (χ2v) is 5.78. The summed E-state index contributed by atoms with van der Waals surface area (Å²) in [6.07, 6.45) is 3.41. The third-order valence-corrected chi connectivity index (χ3v) is 3.82. The van der Waals surface area contributed by atoms with Gasteiger partial charge in [0.25, 0.3) is 0 Å². The van der Waals surface area contributed by atoms with Gasteiger partial charge in [0.15, 0.2) is 0 Å². The van der Waals surface area contributed by atoms with Crippen LogP contribution in [0, 0.1) is 11.3 Å². The molecule has 0 amide bonds. The molecule has 20 heavy (non-hydrogen) atoms. The zero-order valence-corrected chi connectivity index (χ0v) is 12.8. The number of benzene rings is 1. The molecular formula is C16H10BrNOS. The van der Waals surface area contributed by atoms with E-state index in [-0.39, 0.29) is 11.4 Å². The number of Topliss-reactive ketones (excluding diaryl/α,β-unsaturated/α-hetero) is 1. The van der Waals surface area contributed by atoms with Gasteiger partial charge in [-0.15, -0.1) is 11.3 Å². The number of nitriles is 1. The third kappa shape index (κ3) is 3.77. The molecule has 0 bridgehead atoms. The van der Waals surface area contributed by atoms with Crippen molar-refractivity contribution in [2.45, 2.75) is 0 Å². The fourth-order valence-electron chi connectivity index (χ4n) is 1.58. The van der Waals surface area contributed by atoms with Crippen LogP contribution in [0.4, 0.5) is 0 Å². The highest BCUT2D eigenvalue weighted by Crippen LogP contribution is 2.19. The summed E-state index contributed by atoms with van der Waals surface area (Å²) in [6.45, 7) is 0. The standard InChI is InChI=1S/C16H10BrNOS/c17-14(9-12-5-2-1-3-6-12)10-13(11-18)16(19)15-7-4-8-20-15/h1-10H/b13-10+,14-9-. The number of rotatable bonds is 4.